The zero-order valence-electron chi connectivity index (χ0n) is 18.2. The maximum Gasteiger partial charge on any atom is 0.228 e. The van der Waals surface area contributed by atoms with Gasteiger partial charge < -0.3 is 14.8 Å². The Bertz CT molecular complexity index is 1420. The lowest BCUT2D eigenvalue weighted by molar-refractivity contribution is -0.132. The number of benzene rings is 2. The number of hydrogen-bond acceptors (Lipinski definition) is 6. The van der Waals surface area contributed by atoms with Crippen LogP contribution in [0.4, 0.5) is 5.00 Å². The van der Waals surface area contributed by atoms with Gasteiger partial charge in [0.1, 0.15) is 10.7 Å². The Kier molecular flexibility index (Phi) is 4.83. The van der Waals surface area contributed by atoms with Crippen LogP contribution in [0.1, 0.15) is 12.6 Å². The van der Waals surface area contributed by atoms with Gasteiger partial charge in [-0.3, -0.25) is 9.89 Å². The van der Waals surface area contributed by atoms with Crippen LogP contribution >= 0.6 is 11.3 Å². The first-order valence-corrected chi connectivity index (χ1v) is 11.9. The molecule has 2 aromatic carbocycles. The fraction of sp³-hybridized carbons (Fsp3) is 0.250. The number of carbonyl (C=O) groups excluding carboxylic acids is 1. The number of imidazole rings is 1. The molecular weight excluding hydrogens is 434 g/mol. The van der Waals surface area contributed by atoms with Crippen LogP contribution in [0.25, 0.3) is 33.5 Å². The van der Waals surface area contributed by atoms with Crippen molar-refractivity contribution in [2.75, 3.05) is 24.5 Å². The average Bonchev–Trinajstić information content (AvgIpc) is 3.57. The van der Waals surface area contributed by atoms with Gasteiger partial charge in [-0.15, -0.1) is 11.3 Å². The van der Waals surface area contributed by atoms with Gasteiger partial charge in [0.05, 0.1) is 34.2 Å². The van der Waals surface area contributed by atoms with E-state index in [1.807, 2.05) is 58.9 Å². The molecule has 0 bridgehead atoms. The summed E-state index contributed by atoms with van der Waals surface area (Å²) in [6.07, 6.45) is 0.329. The van der Waals surface area contributed by atoms with E-state index in [9.17, 15) is 4.79 Å². The van der Waals surface area contributed by atoms with Crippen LogP contribution in [-0.4, -0.2) is 61.6 Å². The highest BCUT2D eigenvalue weighted by molar-refractivity contribution is 7.14. The number of thiazole rings is 1. The standard InChI is InChI=1S/C24H23N7OS/c1-15-13-30(24-22(25-14-33-24)23-26-18-8-4-5-9-19(18)27-23)10-11-31(15)21(32)12-20-16-6-2-3-7-17(16)28-29-20/h2-9,14-15H,10-13H2,1H3,(H,26,27)(H,28,29)/t15-/m1/s1. The van der Waals surface area contributed by atoms with Crippen molar-refractivity contribution >= 4 is 44.2 Å². The Balaban J connectivity index is 1.19. The van der Waals surface area contributed by atoms with Crippen LogP contribution < -0.4 is 4.90 Å². The van der Waals surface area contributed by atoms with Crippen LogP contribution in [0.3, 0.4) is 0 Å². The number of amides is 1. The molecule has 1 saturated heterocycles. The zero-order chi connectivity index (χ0) is 22.4. The number of nitrogens with one attached hydrogen (secondary N) is 2. The molecule has 3 aromatic heterocycles. The molecule has 1 amide bonds. The zero-order valence-corrected chi connectivity index (χ0v) is 19.0. The fourth-order valence-electron chi connectivity index (χ4n) is 4.61. The van der Waals surface area contributed by atoms with Crippen molar-refractivity contribution in [1.29, 1.82) is 0 Å². The van der Waals surface area contributed by atoms with Crippen LogP contribution in [0.15, 0.2) is 54.0 Å². The fourth-order valence-corrected chi connectivity index (χ4v) is 5.44. The van der Waals surface area contributed by atoms with Gasteiger partial charge in [0.15, 0.2) is 5.82 Å². The highest BCUT2D eigenvalue weighted by Crippen LogP contribution is 2.34. The summed E-state index contributed by atoms with van der Waals surface area (Å²) < 4.78 is 0. The Labute approximate surface area is 194 Å². The molecule has 0 aliphatic carbocycles. The summed E-state index contributed by atoms with van der Waals surface area (Å²) in [5.74, 6) is 0.906. The molecule has 1 fully saturated rings. The van der Waals surface area contributed by atoms with Gasteiger partial charge in [-0.25, -0.2) is 9.97 Å². The molecule has 166 valence electrons. The molecule has 0 saturated carbocycles. The largest absolute Gasteiger partial charge is 0.358 e. The van der Waals surface area contributed by atoms with Crippen molar-refractivity contribution < 1.29 is 4.79 Å². The molecular formula is C24H23N7OS. The van der Waals surface area contributed by atoms with Crippen LogP contribution in [0, 0.1) is 0 Å². The number of fused-ring (bicyclic) bond motifs is 2. The molecule has 33 heavy (non-hydrogen) atoms. The molecule has 4 heterocycles. The molecule has 1 aliphatic rings. The molecule has 1 atom stereocenters. The van der Waals surface area contributed by atoms with Crippen molar-refractivity contribution in [3.8, 4) is 11.5 Å². The second-order valence-electron chi connectivity index (χ2n) is 8.39. The first-order chi connectivity index (χ1) is 16.2. The van der Waals surface area contributed by atoms with E-state index in [2.05, 4.69) is 32.0 Å². The number of anilines is 1. The number of para-hydroxylation sites is 3. The maximum absolute atomic E-state index is 13.1. The van der Waals surface area contributed by atoms with E-state index in [0.717, 1.165) is 57.2 Å². The van der Waals surface area contributed by atoms with E-state index in [1.54, 1.807) is 11.3 Å². The molecule has 2 N–H and O–H groups in total. The van der Waals surface area contributed by atoms with E-state index < -0.39 is 0 Å². The Morgan fingerprint density at radius 3 is 2.79 bits per heavy atom. The average molecular weight is 458 g/mol. The molecule has 0 spiro atoms. The summed E-state index contributed by atoms with van der Waals surface area (Å²) in [5, 5.41) is 9.46. The monoisotopic (exact) mass is 457 g/mol. The minimum atomic E-state index is 0.0889. The minimum absolute atomic E-state index is 0.0889. The van der Waals surface area contributed by atoms with E-state index in [4.69, 9.17) is 4.98 Å². The topological polar surface area (TPSA) is 93.8 Å². The summed E-state index contributed by atoms with van der Waals surface area (Å²) in [7, 11) is 0. The predicted octanol–water partition coefficient (Wildman–Crippen LogP) is 3.84. The number of rotatable bonds is 4. The number of hydrogen-bond donors (Lipinski definition) is 2. The van der Waals surface area contributed by atoms with Crippen LogP contribution in [-0.2, 0) is 11.2 Å². The normalized spacial score (nSPS) is 16.7. The summed E-state index contributed by atoms with van der Waals surface area (Å²) in [5.41, 5.74) is 6.43. The summed E-state index contributed by atoms with van der Waals surface area (Å²) in [6, 6.07) is 16.0. The third-order valence-corrected chi connectivity index (χ3v) is 7.15. The van der Waals surface area contributed by atoms with Crippen molar-refractivity contribution in [1.82, 2.24) is 30.0 Å². The van der Waals surface area contributed by atoms with E-state index in [-0.39, 0.29) is 11.9 Å². The number of aromatic amines is 2. The quantitative estimate of drug-likeness (QED) is 0.428. The lowest BCUT2D eigenvalue weighted by Gasteiger charge is -2.40. The molecule has 8 nitrogen and oxygen atoms in total. The first-order valence-electron chi connectivity index (χ1n) is 11.0. The molecule has 0 radical (unpaired) electrons. The lowest BCUT2D eigenvalue weighted by Crippen LogP contribution is -2.54. The predicted molar refractivity (Wildman–Crippen MR) is 130 cm³/mol. The summed E-state index contributed by atoms with van der Waals surface area (Å²) in [6.45, 7) is 4.29. The molecule has 1 aliphatic heterocycles. The molecule has 9 heteroatoms. The number of aromatic nitrogens is 5. The van der Waals surface area contributed by atoms with Gasteiger partial charge in [0.25, 0.3) is 0 Å². The third-order valence-electron chi connectivity index (χ3n) is 6.27. The van der Waals surface area contributed by atoms with E-state index in [1.165, 1.54) is 0 Å². The molecule has 5 aromatic rings. The summed E-state index contributed by atoms with van der Waals surface area (Å²) >= 11 is 1.62. The van der Waals surface area contributed by atoms with Crippen molar-refractivity contribution in [2.45, 2.75) is 19.4 Å². The number of nitrogens with zero attached hydrogens (tertiary/aromatic N) is 5. The van der Waals surface area contributed by atoms with Gasteiger partial charge in [-0.1, -0.05) is 30.3 Å². The first kappa shape index (κ1) is 19.9. The molecule has 6 rings (SSSR count). The smallest absolute Gasteiger partial charge is 0.228 e. The lowest BCUT2D eigenvalue weighted by atomic mass is 10.1. The van der Waals surface area contributed by atoms with Gasteiger partial charge in [0, 0.05) is 31.1 Å². The minimum Gasteiger partial charge on any atom is -0.358 e. The van der Waals surface area contributed by atoms with E-state index >= 15 is 0 Å². The third kappa shape index (κ3) is 3.54. The number of piperazine rings is 1. The Morgan fingerprint density at radius 1 is 1.12 bits per heavy atom. The Hall–Kier alpha value is -3.72. The van der Waals surface area contributed by atoms with Crippen LogP contribution in [0.5, 0.6) is 0 Å². The molecule has 0 unspecified atom stereocenters. The van der Waals surface area contributed by atoms with Gasteiger partial charge in [-0.2, -0.15) is 5.10 Å². The van der Waals surface area contributed by atoms with Crippen molar-refractivity contribution in [3.05, 3.63) is 59.7 Å². The maximum atomic E-state index is 13.1. The van der Waals surface area contributed by atoms with Crippen LogP contribution in [0.2, 0.25) is 0 Å². The van der Waals surface area contributed by atoms with Gasteiger partial charge >= 0.3 is 0 Å². The second-order valence-corrected chi connectivity index (χ2v) is 9.22. The van der Waals surface area contributed by atoms with Crippen molar-refractivity contribution in [3.63, 3.8) is 0 Å². The highest BCUT2D eigenvalue weighted by atomic mass is 32.1. The van der Waals surface area contributed by atoms with Gasteiger partial charge in [0.2, 0.25) is 5.91 Å². The SMILES string of the molecule is C[C@@H]1CN(c2scnc2-c2nc3ccccc3[nH]2)CCN1C(=O)Cc1[nH]nc2ccccc12. The number of H-pyrrole nitrogens is 2. The van der Waals surface area contributed by atoms with Gasteiger partial charge in [-0.05, 0) is 25.1 Å². The number of carbonyl (C=O) groups is 1. The van der Waals surface area contributed by atoms with Crippen molar-refractivity contribution in [2.24, 2.45) is 0 Å². The summed E-state index contributed by atoms with van der Waals surface area (Å²) in [4.78, 5) is 30.2. The highest BCUT2D eigenvalue weighted by Gasteiger charge is 2.30. The second kappa shape index (κ2) is 8.00. The Morgan fingerprint density at radius 2 is 1.94 bits per heavy atom. The van der Waals surface area contributed by atoms with E-state index in [0.29, 0.717) is 13.0 Å².